The van der Waals surface area contributed by atoms with E-state index >= 15 is 0 Å². The van der Waals surface area contributed by atoms with Crippen LogP contribution >= 0.6 is 10.5 Å². The van der Waals surface area contributed by atoms with Gasteiger partial charge in [-0.15, -0.1) is 0 Å². The number of benzene rings is 4. The van der Waals surface area contributed by atoms with Gasteiger partial charge in [0, 0.05) is 50.6 Å². The molecule has 4 fully saturated rings. The maximum absolute atomic E-state index is 12.7. The van der Waals surface area contributed by atoms with Gasteiger partial charge < -0.3 is 14.2 Å². The van der Waals surface area contributed by atoms with Crippen LogP contribution in [0.5, 0.6) is 17.2 Å². The van der Waals surface area contributed by atoms with E-state index in [4.69, 9.17) is 14.2 Å². The van der Waals surface area contributed by atoms with E-state index in [0.717, 1.165) is 25.0 Å². The first-order valence-corrected chi connectivity index (χ1v) is 16.0. The maximum atomic E-state index is 12.7. The van der Waals surface area contributed by atoms with Crippen LogP contribution in [-0.2, 0) is 14.3 Å². The van der Waals surface area contributed by atoms with E-state index in [1.807, 2.05) is 24.3 Å². The van der Waals surface area contributed by atoms with Crippen molar-refractivity contribution in [2.45, 2.75) is 31.3 Å². The molecule has 42 heavy (non-hydrogen) atoms. The Balaban J connectivity index is 0.847. The largest absolute Gasteiger partial charge is 0.482 e. The Hall–Kier alpha value is -4.16. The number of fused-ring (bicyclic) bond motifs is 4. The van der Waals surface area contributed by atoms with Crippen LogP contribution in [-0.4, -0.2) is 24.0 Å². The van der Waals surface area contributed by atoms with Crippen LogP contribution in [0, 0.1) is 23.2 Å². The average molecular weight is 574 g/mol. The summed E-state index contributed by atoms with van der Waals surface area (Å²) in [7, 11) is -0.135. The molecule has 4 aromatic carbocycles. The molecule has 1 spiro atoms. The minimum absolute atomic E-state index is 0.0475. The number of carbonyl (C=O) groups is 2. The second-order valence-corrected chi connectivity index (χ2v) is 14.3. The highest BCUT2D eigenvalue weighted by atomic mass is 32.2. The van der Waals surface area contributed by atoms with E-state index in [2.05, 4.69) is 60.7 Å². The molecule has 5 nitrogen and oxygen atoms in total. The van der Waals surface area contributed by atoms with Crippen LogP contribution in [0.25, 0.3) is 25.1 Å². The van der Waals surface area contributed by atoms with Crippen LogP contribution in [0.4, 0.5) is 0 Å². The summed E-state index contributed by atoms with van der Waals surface area (Å²) in [5, 5.41) is 2.63. The quantitative estimate of drug-likeness (QED) is 0.145. The molecule has 0 saturated heterocycles. The molecule has 2 bridgehead atoms. The Morgan fingerprint density at radius 3 is 2.05 bits per heavy atom. The van der Waals surface area contributed by atoms with Gasteiger partial charge in [0.25, 0.3) is 0 Å². The number of carbonyl (C=O) groups excluding carboxylic acids is 2. The fourth-order valence-corrected chi connectivity index (χ4v) is 11.2. The van der Waals surface area contributed by atoms with E-state index in [-0.39, 0.29) is 40.3 Å². The summed E-state index contributed by atoms with van der Waals surface area (Å²) in [5.41, 5.74) is -0.462. The third kappa shape index (κ3) is 3.24. The van der Waals surface area contributed by atoms with Crippen LogP contribution in [0.3, 0.4) is 0 Å². The van der Waals surface area contributed by atoms with Gasteiger partial charge in [0.2, 0.25) is 0 Å². The zero-order chi connectivity index (χ0) is 28.1. The molecule has 4 aliphatic carbocycles. The molecule has 9 rings (SSSR count). The molecule has 4 saturated carbocycles. The summed E-state index contributed by atoms with van der Waals surface area (Å²) in [5.74, 6) is 3.00. The first-order valence-electron chi connectivity index (χ1n) is 14.7. The van der Waals surface area contributed by atoms with Crippen molar-refractivity contribution in [3.63, 3.8) is 0 Å². The lowest BCUT2D eigenvalue weighted by atomic mass is 9.35. The minimum Gasteiger partial charge on any atom is -0.482 e. The first kappa shape index (κ1) is 24.4. The standard InChI is InChI=1S/C36H29O5S/c37-33(41-35-19-23-17-22-18-36(23,35)30(20-35)34(22)38)21-39-24-9-11-25(12-10-24)40-26-13-15-27(16-14-26)42-31-7-3-1-5-28(31)29-6-2-4-8-32(29)42/h1-16,22-23,30H,17-21H2/q+1. The number of hydrogen-bond acceptors (Lipinski definition) is 5. The van der Waals surface area contributed by atoms with Crippen molar-refractivity contribution in [1.29, 1.82) is 0 Å². The number of esters is 1. The number of thiophene rings is 1. The average Bonchev–Trinajstić information content (AvgIpc) is 3.64. The number of ether oxygens (including phenoxy) is 3. The molecule has 208 valence electrons. The summed E-state index contributed by atoms with van der Waals surface area (Å²) in [6.45, 7) is -0.138. The van der Waals surface area contributed by atoms with Gasteiger partial charge in [-0.1, -0.05) is 24.3 Å². The Labute approximate surface area is 246 Å². The fraction of sp³-hybridized carbons (Fsp3) is 0.278. The van der Waals surface area contributed by atoms with Gasteiger partial charge in [-0.25, -0.2) is 4.79 Å². The molecule has 1 heterocycles. The molecule has 6 heteroatoms. The van der Waals surface area contributed by atoms with E-state index in [0.29, 0.717) is 29.6 Å². The zero-order valence-electron chi connectivity index (χ0n) is 23.0. The Morgan fingerprint density at radius 2 is 1.38 bits per heavy atom. The second kappa shape index (κ2) is 8.68. The van der Waals surface area contributed by atoms with Crippen molar-refractivity contribution in [3.8, 4) is 22.1 Å². The van der Waals surface area contributed by atoms with Gasteiger partial charge in [-0.2, -0.15) is 0 Å². The Kier molecular flexibility index (Phi) is 5.05. The van der Waals surface area contributed by atoms with E-state index < -0.39 is 5.60 Å². The van der Waals surface area contributed by atoms with Gasteiger partial charge >= 0.3 is 5.97 Å². The highest BCUT2D eigenvalue weighted by Gasteiger charge is 2.86. The van der Waals surface area contributed by atoms with Crippen molar-refractivity contribution < 1.29 is 23.8 Å². The molecule has 5 atom stereocenters. The lowest BCUT2D eigenvalue weighted by molar-refractivity contribution is -0.305. The van der Waals surface area contributed by atoms with Gasteiger partial charge in [-0.3, -0.25) is 4.79 Å². The third-order valence-corrected chi connectivity index (χ3v) is 12.8. The highest BCUT2D eigenvalue weighted by Crippen LogP contribution is 2.82. The minimum atomic E-state index is -0.415. The number of hydrogen-bond donors (Lipinski definition) is 0. The third-order valence-electron chi connectivity index (χ3n) is 10.5. The molecular formula is C36H29O5S+. The highest BCUT2D eigenvalue weighted by molar-refractivity contribution is 7.50. The Morgan fingerprint density at radius 1 is 0.762 bits per heavy atom. The molecule has 0 amide bonds. The van der Waals surface area contributed by atoms with Crippen molar-refractivity contribution in [2.24, 2.45) is 23.2 Å². The topological polar surface area (TPSA) is 61.8 Å². The van der Waals surface area contributed by atoms with Crippen molar-refractivity contribution in [1.82, 2.24) is 0 Å². The summed E-state index contributed by atoms with van der Waals surface area (Å²) >= 11 is 0. The number of ketones is 1. The van der Waals surface area contributed by atoms with Gasteiger partial charge in [0.15, 0.2) is 20.9 Å². The molecule has 0 radical (unpaired) electrons. The smallest absolute Gasteiger partial charge is 0.344 e. The zero-order valence-corrected chi connectivity index (χ0v) is 23.8. The second-order valence-electron chi connectivity index (χ2n) is 12.3. The lowest BCUT2D eigenvalue weighted by Crippen LogP contribution is -2.76. The van der Waals surface area contributed by atoms with Crippen LogP contribution in [0.1, 0.15) is 25.7 Å². The molecule has 5 aromatic rings. The molecular weight excluding hydrogens is 544 g/mol. The summed E-state index contributed by atoms with van der Waals surface area (Å²) in [6, 6.07) is 33.0. The molecule has 5 unspecified atom stereocenters. The number of rotatable bonds is 7. The SMILES string of the molecule is O=C(COc1ccc(Oc2ccc(-[s+]3c4ccccc4c4ccccc43)cc2)cc1)OC12CC3CC4CC31C(C2)C4=O. The first-order chi connectivity index (χ1) is 20.5. The van der Waals surface area contributed by atoms with Gasteiger partial charge in [0.1, 0.15) is 28.6 Å². The van der Waals surface area contributed by atoms with Gasteiger partial charge in [-0.05, 0) is 92.3 Å². The molecule has 1 aromatic heterocycles. The fourth-order valence-electron chi connectivity index (χ4n) is 8.80. The van der Waals surface area contributed by atoms with E-state index in [1.165, 1.54) is 25.1 Å². The van der Waals surface area contributed by atoms with Crippen LogP contribution < -0.4 is 9.47 Å². The normalized spacial score (nSPS) is 28.3. The summed E-state index contributed by atoms with van der Waals surface area (Å²) in [6.07, 6.45) is 3.53. The van der Waals surface area contributed by atoms with E-state index in [1.54, 1.807) is 12.1 Å². The van der Waals surface area contributed by atoms with Crippen molar-refractivity contribution in [2.75, 3.05) is 6.61 Å². The van der Waals surface area contributed by atoms with Crippen molar-refractivity contribution in [3.05, 3.63) is 97.1 Å². The predicted octanol–water partition coefficient (Wildman–Crippen LogP) is 8.20. The molecule has 0 aliphatic heterocycles. The lowest BCUT2D eigenvalue weighted by Gasteiger charge is -2.71. The molecule has 4 aliphatic rings. The van der Waals surface area contributed by atoms with Gasteiger partial charge in [0.05, 0.1) is 0 Å². The summed E-state index contributed by atoms with van der Waals surface area (Å²) < 4.78 is 20.6. The Bertz CT molecular complexity index is 1850. The monoisotopic (exact) mass is 573 g/mol. The van der Waals surface area contributed by atoms with Crippen molar-refractivity contribution >= 4 is 42.4 Å². The van der Waals surface area contributed by atoms with E-state index in [9.17, 15) is 9.59 Å². The maximum Gasteiger partial charge on any atom is 0.344 e. The summed E-state index contributed by atoms with van der Waals surface area (Å²) in [4.78, 5) is 26.4. The van der Waals surface area contributed by atoms with Crippen LogP contribution in [0.15, 0.2) is 97.1 Å². The molecule has 0 N–H and O–H groups in total. The number of Topliss-reactive ketones (excluding diaryl/α,β-unsaturated/α-hetero) is 1. The predicted molar refractivity (Wildman–Crippen MR) is 162 cm³/mol. The van der Waals surface area contributed by atoms with Crippen LogP contribution in [0.2, 0.25) is 0 Å².